The molecule has 8 heteroatoms. The number of pyridine rings is 1. The molecule has 1 aliphatic heterocycles. The molecule has 2 aromatic carbocycles. The molecular formula is C28H32N6O2. The molecule has 1 aliphatic carbocycles. The van der Waals surface area contributed by atoms with E-state index in [-0.39, 0.29) is 6.04 Å². The van der Waals surface area contributed by atoms with Gasteiger partial charge in [-0.2, -0.15) is 5.10 Å². The topological polar surface area (TPSA) is 115 Å². The van der Waals surface area contributed by atoms with Gasteiger partial charge in [-0.05, 0) is 30.9 Å². The monoisotopic (exact) mass is 484 g/mol. The van der Waals surface area contributed by atoms with E-state index in [1.165, 1.54) is 0 Å². The number of aliphatic hydroxyl groups excluding tert-OH is 1. The molecule has 1 saturated heterocycles. The summed E-state index contributed by atoms with van der Waals surface area (Å²) < 4.78 is 7.33. The average Bonchev–Trinajstić information content (AvgIpc) is 3.23. The zero-order chi connectivity index (χ0) is 24.6. The highest BCUT2D eigenvalue weighted by molar-refractivity contribution is 5.86. The fraction of sp³-hybridized carbons (Fsp3) is 0.357. The predicted octanol–water partition coefficient (Wildman–Crippen LogP) is 3.58. The summed E-state index contributed by atoms with van der Waals surface area (Å²) in [5, 5.41) is 16.3. The van der Waals surface area contributed by atoms with E-state index >= 15 is 0 Å². The van der Waals surface area contributed by atoms with Crippen molar-refractivity contribution in [3.63, 3.8) is 0 Å². The first kappa shape index (κ1) is 23.1. The molecule has 6 rings (SSSR count). The van der Waals surface area contributed by atoms with Crippen LogP contribution in [0, 0.1) is 5.92 Å². The molecule has 8 nitrogen and oxygen atoms in total. The SMILES string of the molecule is Nc1c(C(N)O)c(-c2ccc3ccc(-c4ccccc4)nc3c2)nn1C1CC(CN2CCOCC2)C1. The number of aromatic nitrogens is 3. The number of hydrogen-bond acceptors (Lipinski definition) is 7. The Kier molecular flexibility index (Phi) is 6.18. The number of ether oxygens (including phenoxy) is 1. The van der Waals surface area contributed by atoms with Crippen LogP contribution in [0.1, 0.15) is 30.7 Å². The van der Waals surface area contributed by atoms with Crippen molar-refractivity contribution in [3.8, 4) is 22.5 Å². The summed E-state index contributed by atoms with van der Waals surface area (Å²) >= 11 is 0. The largest absolute Gasteiger partial charge is 0.384 e. The summed E-state index contributed by atoms with van der Waals surface area (Å²) in [5.41, 5.74) is 17.3. The molecule has 0 spiro atoms. The fourth-order valence-corrected chi connectivity index (χ4v) is 5.48. The van der Waals surface area contributed by atoms with Crippen molar-refractivity contribution in [1.82, 2.24) is 19.7 Å². The molecule has 0 bridgehead atoms. The first-order chi connectivity index (χ1) is 17.6. The van der Waals surface area contributed by atoms with Gasteiger partial charge in [0.25, 0.3) is 0 Å². The normalized spacial score (nSPS) is 21.4. The summed E-state index contributed by atoms with van der Waals surface area (Å²) in [5.74, 6) is 1.06. The van der Waals surface area contributed by atoms with Crippen molar-refractivity contribution in [1.29, 1.82) is 0 Å². The molecule has 4 aromatic rings. The summed E-state index contributed by atoms with van der Waals surface area (Å²) in [4.78, 5) is 7.37. The first-order valence-corrected chi connectivity index (χ1v) is 12.6. The zero-order valence-electron chi connectivity index (χ0n) is 20.3. The van der Waals surface area contributed by atoms with Gasteiger partial charge in [0.05, 0.1) is 36.0 Å². The summed E-state index contributed by atoms with van der Waals surface area (Å²) in [6.07, 6.45) is 0.822. The standard InChI is InChI=1S/C28H32N6O2/c29-27-25(28(30)35)26(32-34(27)22-14-18(15-22)17-33-10-12-36-13-11-33)21-7-6-20-8-9-23(31-24(20)16-21)19-4-2-1-3-5-19/h1-9,16,18,22,28,35H,10-15,17,29-30H2. The third kappa shape index (κ3) is 4.37. The minimum atomic E-state index is -1.21. The first-order valence-electron chi connectivity index (χ1n) is 12.6. The highest BCUT2D eigenvalue weighted by Gasteiger charge is 2.35. The molecule has 1 unspecified atom stereocenters. The van der Waals surface area contributed by atoms with Gasteiger partial charge in [0, 0.05) is 36.1 Å². The van der Waals surface area contributed by atoms with Crippen molar-refractivity contribution in [2.24, 2.45) is 11.7 Å². The molecule has 2 aliphatic rings. The van der Waals surface area contributed by atoms with Crippen molar-refractivity contribution >= 4 is 16.7 Å². The number of morpholine rings is 1. The summed E-state index contributed by atoms with van der Waals surface area (Å²) in [6.45, 7) is 4.72. The van der Waals surface area contributed by atoms with E-state index in [0.717, 1.165) is 73.4 Å². The van der Waals surface area contributed by atoms with Crippen molar-refractivity contribution in [2.75, 3.05) is 38.6 Å². The van der Waals surface area contributed by atoms with Crippen LogP contribution >= 0.6 is 0 Å². The number of benzene rings is 2. The van der Waals surface area contributed by atoms with Gasteiger partial charge < -0.3 is 21.3 Å². The van der Waals surface area contributed by atoms with Gasteiger partial charge in [0.15, 0.2) is 0 Å². The number of nitrogens with zero attached hydrogens (tertiary/aromatic N) is 4. The number of hydrogen-bond donors (Lipinski definition) is 3. The van der Waals surface area contributed by atoms with Crippen LogP contribution in [-0.2, 0) is 4.74 Å². The lowest BCUT2D eigenvalue weighted by Gasteiger charge is -2.39. The second kappa shape index (κ2) is 9.63. The quantitative estimate of drug-likeness (QED) is 0.358. The molecular weight excluding hydrogens is 452 g/mol. The van der Waals surface area contributed by atoms with E-state index in [4.69, 9.17) is 26.3 Å². The van der Waals surface area contributed by atoms with Crippen molar-refractivity contribution < 1.29 is 9.84 Å². The molecule has 0 amide bonds. The van der Waals surface area contributed by atoms with Crippen LogP contribution < -0.4 is 11.5 Å². The van der Waals surface area contributed by atoms with Crippen LogP contribution in [0.5, 0.6) is 0 Å². The maximum absolute atomic E-state index is 10.4. The van der Waals surface area contributed by atoms with E-state index in [0.29, 0.717) is 23.0 Å². The second-order valence-electron chi connectivity index (χ2n) is 9.91. The second-order valence-corrected chi connectivity index (χ2v) is 9.91. The van der Waals surface area contributed by atoms with E-state index in [9.17, 15) is 5.11 Å². The number of anilines is 1. The zero-order valence-corrected chi connectivity index (χ0v) is 20.3. The molecule has 1 atom stereocenters. The van der Waals surface area contributed by atoms with E-state index in [1.54, 1.807) is 0 Å². The Morgan fingerprint density at radius 1 is 1.00 bits per heavy atom. The summed E-state index contributed by atoms with van der Waals surface area (Å²) in [7, 11) is 0. The van der Waals surface area contributed by atoms with Crippen molar-refractivity contribution in [3.05, 3.63) is 66.2 Å². The maximum Gasteiger partial charge on any atom is 0.134 e. The van der Waals surface area contributed by atoms with Gasteiger partial charge >= 0.3 is 0 Å². The molecule has 36 heavy (non-hydrogen) atoms. The number of aliphatic hydroxyl groups is 1. The van der Waals surface area contributed by atoms with E-state index < -0.39 is 6.23 Å². The van der Waals surface area contributed by atoms with Crippen LogP contribution in [0.25, 0.3) is 33.4 Å². The van der Waals surface area contributed by atoms with Crippen LogP contribution in [0.3, 0.4) is 0 Å². The van der Waals surface area contributed by atoms with Crippen LogP contribution in [0.15, 0.2) is 60.7 Å². The van der Waals surface area contributed by atoms with Gasteiger partial charge in [0.2, 0.25) is 0 Å². The predicted molar refractivity (Wildman–Crippen MR) is 141 cm³/mol. The smallest absolute Gasteiger partial charge is 0.134 e. The van der Waals surface area contributed by atoms with E-state index in [2.05, 4.69) is 11.0 Å². The molecule has 1 saturated carbocycles. The molecule has 3 heterocycles. The Bertz CT molecular complexity index is 1360. The minimum absolute atomic E-state index is 0.213. The highest BCUT2D eigenvalue weighted by Crippen LogP contribution is 2.42. The van der Waals surface area contributed by atoms with E-state index in [1.807, 2.05) is 59.3 Å². The Labute approximate surface area is 210 Å². The molecule has 2 fully saturated rings. The van der Waals surface area contributed by atoms with Crippen LogP contribution in [0.2, 0.25) is 0 Å². The molecule has 0 radical (unpaired) electrons. The minimum Gasteiger partial charge on any atom is -0.384 e. The summed E-state index contributed by atoms with van der Waals surface area (Å²) in [6, 6.07) is 20.4. The lowest BCUT2D eigenvalue weighted by molar-refractivity contribution is 0.0172. The van der Waals surface area contributed by atoms with Gasteiger partial charge in [0.1, 0.15) is 17.7 Å². The third-order valence-electron chi connectivity index (χ3n) is 7.49. The van der Waals surface area contributed by atoms with Gasteiger partial charge in [-0.3, -0.25) is 4.90 Å². The number of rotatable bonds is 6. The molecule has 2 aromatic heterocycles. The molecule has 5 N–H and O–H groups in total. The molecule has 186 valence electrons. The van der Waals surface area contributed by atoms with Crippen molar-refractivity contribution in [2.45, 2.75) is 25.1 Å². The number of nitrogen functional groups attached to an aromatic ring is 1. The Balaban J connectivity index is 1.28. The third-order valence-corrected chi connectivity index (χ3v) is 7.49. The Hall–Kier alpha value is -3.30. The van der Waals surface area contributed by atoms with Crippen LogP contribution in [-0.4, -0.2) is 57.6 Å². The lowest BCUT2D eigenvalue weighted by atomic mass is 9.80. The van der Waals surface area contributed by atoms with Gasteiger partial charge in [-0.15, -0.1) is 0 Å². The fourth-order valence-electron chi connectivity index (χ4n) is 5.48. The average molecular weight is 485 g/mol. The van der Waals surface area contributed by atoms with Gasteiger partial charge in [-0.25, -0.2) is 9.67 Å². The van der Waals surface area contributed by atoms with Crippen LogP contribution in [0.4, 0.5) is 5.82 Å². The number of nitrogens with two attached hydrogens (primary N) is 2. The number of fused-ring (bicyclic) bond motifs is 1. The Morgan fingerprint density at radius 2 is 1.75 bits per heavy atom. The lowest BCUT2D eigenvalue weighted by Crippen LogP contribution is -2.43. The highest BCUT2D eigenvalue weighted by atomic mass is 16.5. The van der Waals surface area contributed by atoms with Gasteiger partial charge in [-0.1, -0.05) is 48.5 Å². The Morgan fingerprint density at radius 3 is 2.50 bits per heavy atom. The maximum atomic E-state index is 10.4.